The molecule has 0 aromatic heterocycles. The molecule has 1 amide bonds. The van der Waals surface area contributed by atoms with Gasteiger partial charge in [0.15, 0.2) is 0 Å². The van der Waals surface area contributed by atoms with Crippen molar-refractivity contribution in [3.8, 4) is 0 Å². The zero-order valence-electron chi connectivity index (χ0n) is 13.3. The highest BCUT2D eigenvalue weighted by Gasteiger charge is 2.23. The first kappa shape index (κ1) is 15.8. The van der Waals surface area contributed by atoms with E-state index in [9.17, 15) is 4.79 Å². The maximum atomic E-state index is 12.6. The molecule has 1 saturated heterocycles. The van der Waals surface area contributed by atoms with Crippen molar-refractivity contribution in [2.45, 2.75) is 39.2 Å². The van der Waals surface area contributed by atoms with Crippen LogP contribution < -0.4 is 5.32 Å². The second-order valence-electron chi connectivity index (χ2n) is 5.72. The van der Waals surface area contributed by atoms with Gasteiger partial charge in [-0.25, -0.2) is 0 Å². The number of aryl methyl sites for hydroxylation is 1. The van der Waals surface area contributed by atoms with Gasteiger partial charge >= 0.3 is 0 Å². The van der Waals surface area contributed by atoms with Gasteiger partial charge in [0.05, 0.1) is 0 Å². The Morgan fingerprint density at radius 1 is 1.38 bits per heavy atom. The molecule has 0 saturated carbocycles. The lowest BCUT2D eigenvalue weighted by Crippen LogP contribution is -2.40. The van der Waals surface area contributed by atoms with E-state index >= 15 is 0 Å². The summed E-state index contributed by atoms with van der Waals surface area (Å²) in [6.07, 6.45) is 2.95. The zero-order chi connectivity index (χ0) is 15.2. The number of carbonyl (C=O) groups is 1. The van der Waals surface area contributed by atoms with E-state index in [-0.39, 0.29) is 5.91 Å². The number of nitrogens with zero attached hydrogens (tertiary/aromatic N) is 1. The monoisotopic (exact) mass is 290 g/mol. The standard InChI is InChI=1S/C17H26N2O2/c1-4-9-18-16-6-5-14(12-13(16)2)17(20)19(3)15-7-10-21-11-8-15/h5-6,12,15,18H,4,7-11H2,1-3H3. The molecule has 116 valence electrons. The van der Waals surface area contributed by atoms with Crippen molar-refractivity contribution in [3.63, 3.8) is 0 Å². The van der Waals surface area contributed by atoms with Gasteiger partial charge in [0.2, 0.25) is 0 Å². The van der Waals surface area contributed by atoms with E-state index in [2.05, 4.69) is 12.2 Å². The van der Waals surface area contributed by atoms with Crippen LogP contribution in [0.5, 0.6) is 0 Å². The number of benzene rings is 1. The second kappa shape index (κ2) is 7.46. The lowest BCUT2D eigenvalue weighted by atomic mass is 10.0. The molecule has 4 heteroatoms. The van der Waals surface area contributed by atoms with Crippen LogP contribution in [0.4, 0.5) is 5.69 Å². The van der Waals surface area contributed by atoms with Gasteiger partial charge in [-0.3, -0.25) is 4.79 Å². The summed E-state index contributed by atoms with van der Waals surface area (Å²) in [5.41, 5.74) is 3.00. The van der Waals surface area contributed by atoms with E-state index < -0.39 is 0 Å². The maximum Gasteiger partial charge on any atom is 0.253 e. The van der Waals surface area contributed by atoms with Crippen molar-refractivity contribution in [1.82, 2.24) is 4.90 Å². The quantitative estimate of drug-likeness (QED) is 0.906. The van der Waals surface area contributed by atoms with E-state index in [4.69, 9.17) is 4.74 Å². The largest absolute Gasteiger partial charge is 0.385 e. The Kier molecular flexibility index (Phi) is 5.62. The summed E-state index contributed by atoms with van der Waals surface area (Å²) in [6.45, 7) is 6.64. The highest BCUT2D eigenvalue weighted by atomic mass is 16.5. The molecule has 4 nitrogen and oxygen atoms in total. The molecule has 21 heavy (non-hydrogen) atoms. The molecule has 0 spiro atoms. The third-order valence-corrected chi connectivity index (χ3v) is 4.10. The maximum absolute atomic E-state index is 12.6. The third kappa shape index (κ3) is 3.97. The Bertz CT molecular complexity index is 482. The van der Waals surface area contributed by atoms with E-state index in [0.717, 1.165) is 55.8 Å². The smallest absolute Gasteiger partial charge is 0.253 e. The second-order valence-corrected chi connectivity index (χ2v) is 5.72. The first-order valence-electron chi connectivity index (χ1n) is 7.83. The van der Waals surface area contributed by atoms with Crippen molar-refractivity contribution < 1.29 is 9.53 Å². The van der Waals surface area contributed by atoms with Crippen LogP contribution in [-0.4, -0.2) is 43.7 Å². The van der Waals surface area contributed by atoms with Crippen LogP contribution in [0.25, 0.3) is 0 Å². The van der Waals surface area contributed by atoms with Crippen LogP contribution in [0, 0.1) is 6.92 Å². The van der Waals surface area contributed by atoms with Crippen LogP contribution >= 0.6 is 0 Å². The lowest BCUT2D eigenvalue weighted by molar-refractivity contribution is 0.0362. The number of carbonyl (C=O) groups excluding carboxylic acids is 1. The fourth-order valence-corrected chi connectivity index (χ4v) is 2.70. The number of amides is 1. The average Bonchev–Trinajstić information content (AvgIpc) is 2.53. The minimum Gasteiger partial charge on any atom is -0.385 e. The van der Waals surface area contributed by atoms with Gasteiger partial charge in [-0.1, -0.05) is 6.92 Å². The minimum absolute atomic E-state index is 0.104. The summed E-state index contributed by atoms with van der Waals surface area (Å²) in [4.78, 5) is 14.5. The van der Waals surface area contributed by atoms with Gasteiger partial charge in [-0.05, 0) is 49.9 Å². The fraction of sp³-hybridized carbons (Fsp3) is 0.588. The predicted molar refractivity (Wildman–Crippen MR) is 85.9 cm³/mol. The molecule has 1 heterocycles. The normalized spacial score (nSPS) is 15.8. The number of anilines is 1. The Morgan fingerprint density at radius 3 is 2.71 bits per heavy atom. The van der Waals surface area contributed by atoms with Gasteiger partial charge in [-0.2, -0.15) is 0 Å². The topological polar surface area (TPSA) is 41.6 Å². The summed E-state index contributed by atoms with van der Waals surface area (Å²) < 4.78 is 5.36. The molecule has 1 aliphatic rings. The van der Waals surface area contributed by atoms with Gasteiger partial charge in [0.1, 0.15) is 0 Å². The Labute approximate surface area is 127 Å². The van der Waals surface area contributed by atoms with Crippen LogP contribution in [0.15, 0.2) is 18.2 Å². The molecule has 0 bridgehead atoms. The molecule has 0 aliphatic carbocycles. The van der Waals surface area contributed by atoms with Crippen LogP contribution in [0.2, 0.25) is 0 Å². The number of nitrogens with one attached hydrogen (secondary N) is 1. The zero-order valence-corrected chi connectivity index (χ0v) is 13.3. The number of hydrogen-bond donors (Lipinski definition) is 1. The highest BCUT2D eigenvalue weighted by molar-refractivity contribution is 5.95. The highest BCUT2D eigenvalue weighted by Crippen LogP contribution is 2.20. The molecule has 1 aliphatic heterocycles. The molecule has 0 atom stereocenters. The molecular formula is C17H26N2O2. The van der Waals surface area contributed by atoms with E-state index in [1.165, 1.54) is 0 Å². The lowest BCUT2D eigenvalue weighted by Gasteiger charge is -2.31. The van der Waals surface area contributed by atoms with Crippen molar-refractivity contribution >= 4 is 11.6 Å². The van der Waals surface area contributed by atoms with Gasteiger partial charge in [0.25, 0.3) is 5.91 Å². The van der Waals surface area contributed by atoms with Crippen molar-refractivity contribution in [2.24, 2.45) is 0 Å². The third-order valence-electron chi connectivity index (χ3n) is 4.10. The minimum atomic E-state index is 0.104. The van der Waals surface area contributed by atoms with Crippen LogP contribution in [0.1, 0.15) is 42.1 Å². The molecule has 1 fully saturated rings. The van der Waals surface area contributed by atoms with Crippen molar-refractivity contribution in [2.75, 3.05) is 32.1 Å². The number of hydrogen-bond acceptors (Lipinski definition) is 3. The van der Waals surface area contributed by atoms with Crippen LogP contribution in [-0.2, 0) is 4.74 Å². The summed E-state index contributed by atoms with van der Waals surface area (Å²) in [5, 5.41) is 3.38. The number of ether oxygens (including phenoxy) is 1. The summed E-state index contributed by atoms with van der Waals surface area (Å²) >= 11 is 0. The van der Waals surface area contributed by atoms with Gasteiger partial charge in [0, 0.05) is 44.1 Å². The van der Waals surface area contributed by atoms with Gasteiger partial charge in [-0.15, -0.1) is 0 Å². The summed E-state index contributed by atoms with van der Waals surface area (Å²) in [6, 6.07) is 6.21. The van der Waals surface area contributed by atoms with Gasteiger partial charge < -0.3 is 15.0 Å². The van der Waals surface area contributed by atoms with Crippen molar-refractivity contribution in [3.05, 3.63) is 29.3 Å². The van der Waals surface area contributed by atoms with E-state index in [1.807, 2.05) is 37.1 Å². The Balaban J connectivity index is 2.06. The molecule has 0 unspecified atom stereocenters. The average molecular weight is 290 g/mol. The fourth-order valence-electron chi connectivity index (χ4n) is 2.70. The predicted octanol–water partition coefficient (Wildman–Crippen LogP) is 3.07. The van der Waals surface area contributed by atoms with E-state index in [0.29, 0.717) is 6.04 Å². The first-order chi connectivity index (χ1) is 10.1. The summed E-state index contributed by atoms with van der Waals surface area (Å²) in [5.74, 6) is 0.104. The Hall–Kier alpha value is -1.55. The molecular weight excluding hydrogens is 264 g/mol. The molecule has 2 rings (SSSR count). The SMILES string of the molecule is CCCNc1ccc(C(=O)N(C)C2CCOCC2)cc1C. The number of rotatable bonds is 5. The summed E-state index contributed by atoms with van der Waals surface area (Å²) in [7, 11) is 1.90. The Morgan fingerprint density at radius 2 is 2.10 bits per heavy atom. The molecule has 1 aromatic rings. The van der Waals surface area contributed by atoms with Crippen LogP contribution in [0.3, 0.4) is 0 Å². The van der Waals surface area contributed by atoms with E-state index in [1.54, 1.807) is 0 Å². The molecule has 1 aromatic carbocycles. The first-order valence-corrected chi connectivity index (χ1v) is 7.83. The van der Waals surface area contributed by atoms with Crippen molar-refractivity contribution in [1.29, 1.82) is 0 Å². The molecule has 0 radical (unpaired) electrons. The molecule has 1 N–H and O–H groups in total.